The Balaban J connectivity index is -0.000000194. The second-order valence-electron chi connectivity index (χ2n) is 8.22. The number of nitrogens with two attached hydrogens (primary N) is 2. The third-order valence-electron chi connectivity index (χ3n) is 3.98. The van der Waals surface area contributed by atoms with Crippen LogP contribution in [0.4, 0.5) is 0 Å². The molecule has 32 heavy (non-hydrogen) atoms. The Labute approximate surface area is 200 Å². The van der Waals surface area contributed by atoms with E-state index < -0.39 is 16.1 Å². The van der Waals surface area contributed by atoms with Crippen molar-refractivity contribution >= 4 is 16.1 Å². The molecule has 0 atom stereocenters. The van der Waals surface area contributed by atoms with Gasteiger partial charge in [0.2, 0.25) is 0 Å². The lowest BCUT2D eigenvalue weighted by Gasteiger charge is -2.02. The molecule has 0 saturated carbocycles. The van der Waals surface area contributed by atoms with Crippen LogP contribution in [0.2, 0.25) is 0 Å². The van der Waals surface area contributed by atoms with Gasteiger partial charge in [-0.2, -0.15) is 8.42 Å². The van der Waals surface area contributed by atoms with Crippen LogP contribution in [0.15, 0.2) is 0 Å². The van der Waals surface area contributed by atoms with Crippen molar-refractivity contribution in [2.75, 3.05) is 26.0 Å². The van der Waals surface area contributed by atoms with Gasteiger partial charge >= 0.3 is 5.97 Å². The number of aliphatic carboxylic acids is 1. The molecule has 0 radical (unpaired) electrons. The van der Waals surface area contributed by atoms with Crippen LogP contribution in [0.25, 0.3) is 0 Å². The first kappa shape index (κ1) is 38.6. The van der Waals surface area contributed by atoms with E-state index >= 15 is 0 Å². The second kappa shape index (κ2) is 32.5. The van der Waals surface area contributed by atoms with Gasteiger partial charge in [0.05, 0.1) is 12.9 Å². The van der Waals surface area contributed by atoms with E-state index in [9.17, 15) is 13.2 Å². The fourth-order valence-electron chi connectivity index (χ4n) is 2.25. The summed E-state index contributed by atoms with van der Waals surface area (Å²) >= 11 is 0. The largest absolute Gasteiger partial charge is 0.481 e. The first-order valence-corrected chi connectivity index (χ1v) is 14.3. The molecule has 0 amide bonds. The fourth-order valence-corrected chi connectivity index (χ4v) is 2.76. The van der Waals surface area contributed by atoms with Gasteiger partial charge in [0.1, 0.15) is 0 Å². The first-order valence-electron chi connectivity index (χ1n) is 12.5. The molecule has 0 aromatic heterocycles. The summed E-state index contributed by atoms with van der Waals surface area (Å²) in [6.45, 7) is 11.5. The van der Waals surface area contributed by atoms with E-state index in [0.29, 0.717) is 0 Å². The zero-order valence-corrected chi connectivity index (χ0v) is 22.9. The Kier molecular flexibility index (Phi) is 39.1. The van der Waals surface area contributed by atoms with Gasteiger partial charge in [0.25, 0.3) is 10.1 Å². The van der Waals surface area contributed by atoms with Gasteiger partial charge in [-0.25, -0.2) is 0 Å². The third-order valence-corrected chi connectivity index (χ3v) is 4.54. The molecule has 0 aliphatic rings. The third kappa shape index (κ3) is 63.0. The molecule has 0 aliphatic carbocycles. The van der Waals surface area contributed by atoms with Crippen molar-refractivity contribution in [1.82, 2.24) is 0 Å². The summed E-state index contributed by atoms with van der Waals surface area (Å²) < 4.78 is 25.1. The molecule has 0 aliphatic heterocycles. The molecule has 7 nitrogen and oxygen atoms in total. The summed E-state index contributed by atoms with van der Waals surface area (Å²) in [6.07, 6.45) is 18.2. The molecular formula is C24H56N2O5S. The first-order chi connectivity index (χ1) is 15.0. The Morgan fingerprint density at radius 1 is 0.812 bits per heavy atom. The Bertz CT molecular complexity index is 432. The minimum Gasteiger partial charge on any atom is -0.481 e. The number of carbonyl (C=O) groups is 1. The molecule has 0 rings (SSSR count). The van der Waals surface area contributed by atoms with Crippen LogP contribution in [0.5, 0.6) is 0 Å². The number of hydrogen-bond donors (Lipinski definition) is 3. The van der Waals surface area contributed by atoms with Crippen molar-refractivity contribution in [3.8, 4) is 0 Å². The predicted molar refractivity (Wildman–Crippen MR) is 138 cm³/mol. The van der Waals surface area contributed by atoms with Crippen LogP contribution < -0.4 is 11.5 Å². The SMILES string of the molecule is CC(C)COS(C)(=O)=O.CCC(=O)O.CCCCCCCCCCCCCCN.CCN. The highest BCUT2D eigenvalue weighted by atomic mass is 32.2. The van der Waals surface area contributed by atoms with Gasteiger partial charge in [-0.1, -0.05) is 105 Å². The molecule has 0 heterocycles. The van der Waals surface area contributed by atoms with Gasteiger partial charge < -0.3 is 16.6 Å². The lowest BCUT2D eigenvalue weighted by atomic mass is 10.1. The van der Waals surface area contributed by atoms with Crippen molar-refractivity contribution in [3.63, 3.8) is 0 Å². The van der Waals surface area contributed by atoms with Crippen LogP contribution in [0, 0.1) is 5.92 Å². The summed E-state index contributed by atoms with van der Waals surface area (Å²) in [5, 5.41) is 7.72. The van der Waals surface area contributed by atoms with E-state index in [2.05, 4.69) is 11.1 Å². The number of carboxylic acid groups (broad SMARTS) is 1. The molecule has 0 fully saturated rings. The Morgan fingerprint density at radius 2 is 1.12 bits per heavy atom. The number of rotatable bonds is 16. The average Bonchev–Trinajstić information content (AvgIpc) is 2.71. The summed E-state index contributed by atoms with van der Waals surface area (Å²) in [5.41, 5.74) is 10.3. The van der Waals surface area contributed by atoms with Crippen molar-refractivity contribution in [3.05, 3.63) is 0 Å². The maximum absolute atomic E-state index is 10.3. The van der Waals surface area contributed by atoms with Crippen molar-refractivity contribution < 1.29 is 22.5 Å². The maximum atomic E-state index is 10.3. The van der Waals surface area contributed by atoms with Crippen molar-refractivity contribution in [2.45, 2.75) is 118 Å². The van der Waals surface area contributed by atoms with Gasteiger partial charge in [0, 0.05) is 6.42 Å². The van der Waals surface area contributed by atoms with E-state index in [1.807, 2.05) is 20.8 Å². The Morgan fingerprint density at radius 3 is 1.31 bits per heavy atom. The van der Waals surface area contributed by atoms with Crippen LogP contribution >= 0.6 is 0 Å². The summed E-state index contributed by atoms with van der Waals surface area (Å²) in [6, 6.07) is 0. The zero-order chi connectivity index (χ0) is 25.7. The lowest BCUT2D eigenvalue weighted by molar-refractivity contribution is -0.136. The highest BCUT2D eigenvalue weighted by Gasteiger charge is 2.02. The van der Waals surface area contributed by atoms with Crippen LogP contribution in [0.3, 0.4) is 0 Å². The maximum Gasteiger partial charge on any atom is 0.303 e. The smallest absolute Gasteiger partial charge is 0.303 e. The second-order valence-corrected chi connectivity index (χ2v) is 9.86. The van der Waals surface area contributed by atoms with Crippen LogP contribution in [0.1, 0.15) is 118 Å². The van der Waals surface area contributed by atoms with E-state index in [0.717, 1.165) is 19.3 Å². The number of hydrogen-bond acceptors (Lipinski definition) is 6. The fraction of sp³-hybridized carbons (Fsp3) is 0.958. The molecule has 198 valence electrons. The number of carboxylic acids is 1. The quantitative estimate of drug-likeness (QED) is 0.189. The summed E-state index contributed by atoms with van der Waals surface area (Å²) in [5.74, 6) is -0.482. The topological polar surface area (TPSA) is 133 Å². The van der Waals surface area contributed by atoms with E-state index in [4.69, 9.17) is 16.6 Å². The molecule has 0 spiro atoms. The number of unbranched alkanes of at least 4 members (excludes halogenated alkanes) is 11. The van der Waals surface area contributed by atoms with E-state index in [1.54, 1.807) is 6.92 Å². The molecule has 8 heteroatoms. The monoisotopic (exact) mass is 484 g/mol. The van der Waals surface area contributed by atoms with Gasteiger partial charge in [-0.3, -0.25) is 8.98 Å². The standard InChI is InChI=1S/C14H31N.C5H12O3S.C3H6O2.C2H7N/c1-2-3-4-5-6-7-8-9-10-11-12-13-14-15;1-5(2)4-8-9(3,6)7;1-2-3(4)5;1-2-3/h2-15H2,1H3;5H,4H2,1-3H3;2H2,1H3,(H,4,5);2-3H2,1H3. The molecule has 5 N–H and O–H groups in total. The van der Waals surface area contributed by atoms with E-state index in [-0.39, 0.29) is 18.9 Å². The Hall–Kier alpha value is -0.700. The summed E-state index contributed by atoms with van der Waals surface area (Å²) in [7, 11) is -3.22. The van der Waals surface area contributed by atoms with Crippen LogP contribution in [-0.2, 0) is 19.1 Å². The van der Waals surface area contributed by atoms with Crippen LogP contribution in [-0.4, -0.2) is 45.4 Å². The van der Waals surface area contributed by atoms with Gasteiger partial charge in [-0.05, 0) is 25.4 Å². The van der Waals surface area contributed by atoms with E-state index in [1.165, 1.54) is 77.0 Å². The molecule has 0 saturated heterocycles. The average molecular weight is 485 g/mol. The zero-order valence-electron chi connectivity index (χ0n) is 22.0. The highest BCUT2D eigenvalue weighted by molar-refractivity contribution is 7.85. The molecule has 0 unspecified atom stereocenters. The molecule has 0 aromatic rings. The molecule has 0 aromatic carbocycles. The molecular weight excluding hydrogens is 428 g/mol. The van der Waals surface area contributed by atoms with Crippen molar-refractivity contribution in [1.29, 1.82) is 0 Å². The minimum atomic E-state index is -3.22. The lowest BCUT2D eigenvalue weighted by Crippen LogP contribution is -2.08. The summed E-state index contributed by atoms with van der Waals surface area (Å²) in [4.78, 5) is 9.37. The highest BCUT2D eigenvalue weighted by Crippen LogP contribution is 2.11. The predicted octanol–water partition coefficient (Wildman–Crippen LogP) is 5.71. The van der Waals surface area contributed by atoms with Crippen molar-refractivity contribution in [2.24, 2.45) is 17.4 Å². The van der Waals surface area contributed by atoms with Gasteiger partial charge in [-0.15, -0.1) is 0 Å². The minimum absolute atomic E-state index is 0.222. The normalized spacial score (nSPS) is 10.3. The van der Waals surface area contributed by atoms with Gasteiger partial charge in [0.15, 0.2) is 0 Å². The molecule has 0 bridgehead atoms.